The summed E-state index contributed by atoms with van der Waals surface area (Å²) in [5, 5.41) is 30.4. The average Bonchev–Trinajstić information content (AvgIpc) is 3.28. The summed E-state index contributed by atoms with van der Waals surface area (Å²) in [5.74, 6) is -3.19. The lowest BCUT2D eigenvalue weighted by molar-refractivity contribution is -0.384. The Balaban J connectivity index is 2.05. The first-order valence-electron chi connectivity index (χ1n) is 8.52. The summed E-state index contributed by atoms with van der Waals surface area (Å²) in [6.07, 6.45) is 3.62. The molecule has 1 aromatic carbocycles. The van der Waals surface area contributed by atoms with E-state index in [9.17, 15) is 30.2 Å². The van der Waals surface area contributed by atoms with Crippen LogP contribution in [-0.4, -0.2) is 29.1 Å². The van der Waals surface area contributed by atoms with E-state index in [0.29, 0.717) is 6.42 Å². The molecule has 9 heteroatoms. The van der Waals surface area contributed by atoms with Crippen LogP contribution in [0.4, 0.5) is 5.69 Å². The van der Waals surface area contributed by atoms with Gasteiger partial charge in [-0.2, -0.15) is 10.5 Å². The smallest absolute Gasteiger partial charge is 0.354 e. The van der Waals surface area contributed by atoms with Gasteiger partial charge in [0.1, 0.15) is 0 Å². The molecule has 2 bridgehead atoms. The Morgan fingerprint density at radius 2 is 1.82 bits per heavy atom. The number of nitriles is 2. The summed E-state index contributed by atoms with van der Waals surface area (Å²) in [5.41, 5.74) is -4.30. The number of nitro benzene ring substituents is 1. The third-order valence-corrected chi connectivity index (χ3v) is 5.25. The van der Waals surface area contributed by atoms with E-state index in [1.165, 1.54) is 12.1 Å². The molecule has 2 aliphatic carbocycles. The molecule has 28 heavy (non-hydrogen) atoms. The van der Waals surface area contributed by atoms with Crippen molar-refractivity contribution >= 4 is 17.6 Å². The van der Waals surface area contributed by atoms with Crippen molar-refractivity contribution in [3.63, 3.8) is 0 Å². The molecule has 9 nitrogen and oxygen atoms in total. The van der Waals surface area contributed by atoms with Gasteiger partial charge >= 0.3 is 11.9 Å². The average molecular weight is 381 g/mol. The molecule has 142 valence electrons. The first-order valence-corrected chi connectivity index (χ1v) is 8.52. The molecule has 1 aromatic rings. The van der Waals surface area contributed by atoms with Crippen molar-refractivity contribution in [2.24, 2.45) is 17.3 Å². The number of rotatable bonds is 5. The predicted octanol–water partition coefficient (Wildman–Crippen LogP) is 2.29. The van der Waals surface area contributed by atoms with Crippen molar-refractivity contribution in [1.29, 1.82) is 10.5 Å². The first-order chi connectivity index (χ1) is 13.4. The molecule has 0 aliphatic heterocycles. The maximum Gasteiger partial charge on any atom is 0.354 e. The van der Waals surface area contributed by atoms with Gasteiger partial charge in [0.2, 0.25) is 11.0 Å². The number of non-ortho nitro benzene ring substituents is 1. The molecule has 3 atom stereocenters. The number of nitro groups is 1. The Labute approximate surface area is 159 Å². The Bertz CT molecular complexity index is 941. The number of fused-ring (bicyclic) bond motifs is 2. The van der Waals surface area contributed by atoms with Crippen LogP contribution >= 0.6 is 0 Å². The molecule has 0 radical (unpaired) electrons. The quantitative estimate of drug-likeness (QED) is 0.327. The minimum absolute atomic E-state index is 0.0241. The van der Waals surface area contributed by atoms with E-state index >= 15 is 0 Å². The number of nitrogens with zero attached hydrogens (tertiary/aromatic N) is 3. The zero-order chi connectivity index (χ0) is 20.5. The van der Waals surface area contributed by atoms with Gasteiger partial charge in [-0.3, -0.25) is 10.1 Å². The third kappa shape index (κ3) is 2.44. The molecule has 0 spiro atoms. The lowest BCUT2D eigenvalue weighted by Crippen LogP contribution is -2.59. The van der Waals surface area contributed by atoms with E-state index in [0.717, 1.165) is 12.1 Å². The van der Waals surface area contributed by atoms with Crippen molar-refractivity contribution in [1.82, 2.24) is 0 Å². The van der Waals surface area contributed by atoms with Gasteiger partial charge in [0.05, 0.1) is 29.2 Å². The van der Waals surface area contributed by atoms with Crippen LogP contribution in [0.1, 0.15) is 23.7 Å². The summed E-state index contributed by atoms with van der Waals surface area (Å²) < 4.78 is 10.6. The standard InChI is InChI=1S/C19H15N3O6/c1-2-27-17(24)19(14-6-5-13(9-14)18(19,10-20)11-21)28-16(23)12-3-7-15(8-4-12)22(25)26/h3-8,13-14H,2,9H2,1H3. The minimum atomic E-state index is -2.11. The van der Waals surface area contributed by atoms with Crippen LogP contribution in [0.25, 0.3) is 0 Å². The SMILES string of the molecule is CCOC(=O)C1(OC(=O)c2ccc([N+](=O)[O-])cc2)C2C=CC(C2)C1(C#N)C#N. The monoisotopic (exact) mass is 381 g/mol. The van der Waals surface area contributed by atoms with Crippen LogP contribution in [-0.2, 0) is 14.3 Å². The summed E-state index contributed by atoms with van der Waals surface area (Å²) in [6, 6.07) is 8.39. The molecule has 2 aliphatic rings. The van der Waals surface area contributed by atoms with E-state index in [2.05, 4.69) is 0 Å². The van der Waals surface area contributed by atoms with E-state index in [-0.39, 0.29) is 17.9 Å². The Kier molecular flexibility index (Phi) is 4.61. The topological polar surface area (TPSA) is 143 Å². The number of hydrogen-bond acceptors (Lipinski definition) is 8. The van der Waals surface area contributed by atoms with Gasteiger partial charge in [-0.15, -0.1) is 0 Å². The highest BCUT2D eigenvalue weighted by Crippen LogP contribution is 2.60. The Hall–Kier alpha value is -3.72. The molecular weight excluding hydrogens is 366 g/mol. The number of carbonyl (C=O) groups is 2. The van der Waals surface area contributed by atoms with Gasteiger partial charge < -0.3 is 9.47 Å². The fraction of sp³-hybridized carbons (Fsp3) is 0.368. The minimum Gasteiger partial charge on any atom is -0.463 e. The van der Waals surface area contributed by atoms with Crippen LogP contribution in [0, 0.1) is 50.0 Å². The van der Waals surface area contributed by atoms with Gasteiger partial charge in [-0.1, -0.05) is 12.2 Å². The highest BCUT2D eigenvalue weighted by Gasteiger charge is 2.75. The van der Waals surface area contributed by atoms with E-state index in [1.807, 2.05) is 12.1 Å². The van der Waals surface area contributed by atoms with Crippen molar-refractivity contribution in [2.45, 2.75) is 18.9 Å². The van der Waals surface area contributed by atoms with Crippen LogP contribution in [0.2, 0.25) is 0 Å². The van der Waals surface area contributed by atoms with Crippen LogP contribution in [0.15, 0.2) is 36.4 Å². The second kappa shape index (κ2) is 6.78. The molecule has 1 fully saturated rings. The van der Waals surface area contributed by atoms with E-state index in [4.69, 9.17) is 9.47 Å². The van der Waals surface area contributed by atoms with Crippen LogP contribution in [0.3, 0.4) is 0 Å². The molecule has 1 saturated carbocycles. The number of hydrogen-bond donors (Lipinski definition) is 0. The fourth-order valence-electron chi connectivity index (χ4n) is 3.92. The number of allylic oxidation sites excluding steroid dienone is 1. The molecule has 0 heterocycles. The Morgan fingerprint density at radius 1 is 1.21 bits per heavy atom. The third-order valence-electron chi connectivity index (χ3n) is 5.25. The molecule has 3 rings (SSSR count). The highest BCUT2D eigenvalue weighted by molar-refractivity contribution is 5.94. The lowest BCUT2D eigenvalue weighted by atomic mass is 9.66. The van der Waals surface area contributed by atoms with Crippen molar-refractivity contribution in [3.05, 3.63) is 52.1 Å². The number of esters is 2. The molecule has 0 aromatic heterocycles. The summed E-state index contributed by atoms with van der Waals surface area (Å²) in [6.45, 7) is 1.54. The normalized spacial score (nSPS) is 26.1. The predicted molar refractivity (Wildman–Crippen MR) is 92.3 cm³/mol. The Morgan fingerprint density at radius 3 is 2.36 bits per heavy atom. The first kappa shape index (κ1) is 19.1. The van der Waals surface area contributed by atoms with Crippen molar-refractivity contribution < 1.29 is 24.0 Å². The van der Waals surface area contributed by atoms with E-state index < -0.39 is 39.7 Å². The largest absolute Gasteiger partial charge is 0.463 e. The molecule has 0 N–H and O–H groups in total. The number of ether oxygens (including phenoxy) is 2. The van der Waals surface area contributed by atoms with Crippen LogP contribution in [0.5, 0.6) is 0 Å². The number of carbonyl (C=O) groups excluding carboxylic acids is 2. The van der Waals surface area contributed by atoms with Gasteiger partial charge in [0, 0.05) is 24.0 Å². The highest BCUT2D eigenvalue weighted by atomic mass is 16.6. The number of benzene rings is 1. The zero-order valence-electron chi connectivity index (χ0n) is 14.8. The summed E-state index contributed by atoms with van der Waals surface area (Å²) in [7, 11) is 0. The maximum atomic E-state index is 12.9. The van der Waals surface area contributed by atoms with Crippen molar-refractivity contribution in [3.8, 4) is 12.1 Å². The van der Waals surface area contributed by atoms with Crippen molar-refractivity contribution in [2.75, 3.05) is 6.61 Å². The molecular formula is C19H15N3O6. The lowest BCUT2D eigenvalue weighted by Gasteiger charge is -2.40. The zero-order valence-corrected chi connectivity index (χ0v) is 14.8. The second-order valence-electron chi connectivity index (χ2n) is 6.51. The van der Waals surface area contributed by atoms with Gasteiger partial charge in [-0.25, -0.2) is 9.59 Å². The molecule has 3 unspecified atom stereocenters. The molecule has 0 saturated heterocycles. The summed E-state index contributed by atoms with van der Waals surface area (Å²) in [4.78, 5) is 35.8. The molecule has 0 amide bonds. The fourth-order valence-corrected chi connectivity index (χ4v) is 3.92. The maximum absolute atomic E-state index is 12.9. The summed E-state index contributed by atoms with van der Waals surface area (Å²) >= 11 is 0. The van der Waals surface area contributed by atoms with Crippen LogP contribution < -0.4 is 0 Å². The van der Waals surface area contributed by atoms with Gasteiger partial charge in [0.25, 0.3) is 5.69 Å². The van der Waals surface area contributed by atoms with E-state index in [1.54, 1.807) is 19.1 Å². The van der Waals surface area contributed by atoms with Gasteiger partial charge in [0.15, 0.2) is 0 Å². The second-order valence-corrected chi connectivity index (χ2v) is 6.51. The van der Waals surface area contributed by atoms with Gasteiger partial charge in [-0.05, 0) is 25.5 Å².